The van der Waals surface area contributed by atoms with Crippen molar-refractivity contribution in [2.24, 2.45) is 0 Å². The normalized spacial score (nSPS) is 16.5. The molecule has 2 rings (SSSR count). The van der Waals surface area contributed by atoms with E-state index in [9.17, 15) is 0 Å². The fourth-order valence-electron chi connectivity index (χ4n) is 1.90. The highest BCUT2D eigenvalue weighted by Gasteiger charge is 2.18. The van der Waals surface area contributed by atoms with E-state index in [0.29, 0.717) is 15.8 Å². The van der Waals surface area contributed by atoms with Gasteiger partial charge in [-0.05, 0) is 25.0 Å². The van der Waals surface area contributed by atoms with Gasteiger partial charge in [-0.15, -0.1) is 11.8 Å². The number of hydrogen-bond acceptors (Lipinski definition) is 2. The Morgan fingerprint density at radius 1 is 1.33 bits per heavy atom. The third-order valence-electron chi connectivity index (χ3n) is 2.68. The molecule has 1 aromatic rings. The first-order chi connectivity index (χ1) is 7.31. The zero-order chi connectivity index (χ0) is 10.7. The lowest BCUT2D eigenvalue weighted by Gasteiger charge is -2.10. The molecule has 78 valence electrons. The van der Waals surface area contributed by atoms with E-state index in [1.54, 1.807) is 6.07 Å². The quantitative estimate of drug-likeness (QED) is 0.768. The van der Waals surface area contributed by atoms with Crippen LogP contribution in [0.4, 0.5) is 0 Å². The minimum atomic E-state index is 0.570. The average molecular weight is 238 g/mol. The van der Waals surface area contributed by atoms with Gasteiger partial charge in [0.05, 0.1) is 10.6 Å². The van der Waals surface area contributed by atoms with Gasteiger partial charge in [-0.2, -0.15) is 5.26 Å². The Labute approximate surface area is 99.4 Å². The van der Waals surface area contributed by atoms with Crippen molar-refractivity contribution in [3.63, 3.8) is 0 Å². The van der Waals surface area contributed by atoms with E-state index < -0.39 is 0 Å². The van der Waals surface area contributed by atoms with Crippen LogP contribution in [0.25, 0.3) is 0 Å². The van der Waals surface area contributed by atoms with Gasteiger partial charge in [-0.3, -0.25) is 0 Å². The number of benzene rings is 1. The smallest absolute Gasteiger partial charge is 0.102 e. The van der Waals surface area contributed by atoms with Crippen LogP contribution in [0.1, 0.15) is 31.2 Å². The van der Waals surface area contributed by atoms with Crippen LogP contribution >= 0.6 is 23.4 Å². The largest absolute Gasteiger partial charge is 0.192 e. The summed E-state index contributed by atoms with van der Waals surface area (Å²) in [5, 5.41) is 10.3. The summed E-state index contributed by atoms with van der Waals surface area (Å²) in [6.45, 7) is 0. The predicted octanol–water partition coefficient (Wildman–Crippen LogP) is 4.25. The molecule has 0 N–H and O–H groups in total. The second-order valence-electron chi connectivity index (χ2n) is 3.75. The summed E-state index contributed by atoms with van der Waals surface area (Å²) in [6.07, 6.45) is 5.17. The summed E-state index contributed by atoms with van der Waals surface area (Å²) in [7, 11) is 0. The SMILES string of the molecule is N#Cc1c(Cl)cccc1SC1CCCC1. The molecule has 0 aromatic heterocycles. The van der Waals surface area contributed by atoms with Gasteiger partial charge in [0.15, 0.2) is 0 Å². The van der Waals surface area contributed by atoms with Crippen LogP contribution in [0.2, 0.25) is 5.02 Å². The first-order valence-electron chi connectivity index (χ1n) is 5.16. The van der Waals surface area contributed by atoms with Crippen LogP contribution < -0.4 is 0 Å². The topological polar surface area (TPSA) is 23.8 Å². The zero-order valence-electron chi connectivity index (χ0n) is 8.37. The second-order valence-corrected chi connectivity index (χ2v) is 5.50. The summed E-state index contributed by atoms with van der Waals surface area (Å²) >= 11 is 7.79. The highest BCUT2D eigenvalue weighted by atomic mass is 35.5. The second kappa shape index (κ2) is 4.92. The Hall–Kier alpha value is -0.650. The first-order valence-corrected chi connectivity index (χ1v) is 6.42. The summed E-state index contributed by atoms with van der Waals surface area (Å²) in [4.78, 5) is 1.04. The minimum Gasteiger partial charge on any atom is -0.192 e. The lowest BCUT2D eigenvalue weighted by atomic mass is 10.2. The average Bonchev–Trinajstić information content (AvgIpc) is 2.71. The Balaban J connectivity index is 2.20. The number of hydrogen-bond donors (Lipinski definition) is 0. The molecule has 1 saturated carbocycles. The van der Waals surface area contributed by atoms with Gasteiger partial charge in [0.1, 0.15) is 6.07 Å². The van der Waals surface area contributed by atoms with Crippen molar-refractivity contribution in [1.29, 1.82) is 5.26 Å². The van der Waals surface area contributed by atoms with Gasteiger partial charge >= 0.3 is 0 Å². The Morgan fingerprint density at radius 2 is 2.07 bits per heavy atom. The molecule has 0 aliphatic heterocycles. The van der Waals surface area contributed by atoms with Crippen LogP contribution in [0.3, 0.4) is 0 Å². The van der Waals surface area contributed by atoms with Gasteiger partial charge in [-0.1, -0.05) is 30.5 Å². The molecule has 0 bridgehead atoms. The predicted molar refractivity (Wildman–Crippen MR) is 64.3 cm³/mol. The fraction of sp³-hybridized carbons (Fsp3) is 0.417. The molecule has 0 spiro atoms. The van der Waals surface area contributed by atoms with Gasteiger partial charge in [-0.25, -0.2) is 0 Å². The number of halogens is 1. The van der Waals surface area contributed by atoms with E-state index in [-0.39, 0.29) is 0 Å². The summed E-state index contributed by atoms with van der Waals surface area (Å²) in [5.74, 6) is 0. The monoisotopic (exact) mass is 237 g/mol. The molecule has 1 aromatic carbocycles. The van der Waals surface area contributed by atoms with Gasteiger partial charge in [0.2, 0.25) is 0 Å². The Kier molecular flexibility index (Phi) is 3.56. The molecule has 1 nitrogen and oxygen atoms in total. The van der Waals surface area contributed by atoms with E-state index in [1.807, 2.05) is 23.9 Å². The number of rotatable bonds is 2. The Morgan fingerprint density at radius 3 is 2.73 bits per heavy atom. The first kappa shape index (κ1) is 10.9. The van der Waals surface area contributed by atoms with Crippen molar-refractivity contribution in [3.8, 4) is 6.07 Å². The van der Waals surface area contributed by atoms with E-state index in [4.69, 9.17) is 16.9 Å². The molecule has 0 saturated heterocycles. The van der Waals surface area contributed by atoms with Crippen LogP contribution in [-0.4, -0.2) is 5.25 Å². The zero-order valence-corrected chi connectivity index (χ0v) is 9.94. The highest BCUT2D eigenvalue weighted by Crippen LogP contribution is 2.37. The molecule has 1 aliphatic carbocycles. The molecule has 0 amide bonds. The molecular formula is C12H12ClNS. The van der Waals surface area contributed by atoms with Crippen molar-refractivity contribution in [2.75, 3.05) is 0 Å². The van der Waals surface area contributed by atoms with Crippen molar-refractivity contribution >= 4 is 23.4 Å². The molecule has 3 heteroatoms. The summed E-state index contributed by atoms with van der Waals surface area (Å²) in [6, 6.07) is 7.87. The maximum atomic E-state index is 9.03. The van der Waals surface area contributed by atoms with Crippen molar-refractivity contribution in [1.82, 2.24) is 0 Å². The van der Waals surface area contributed by atoms with Crippen LogP contribution in [0.15, 0.2) is 23.1 Å². The molecule has 1 aliphatic rings. The number of nitriles is 1. The summed E-state index contributed by atoms with van der Waals surface area (Å²) in [5.41, 5.74) is 0.635. The lowest BCUT2D eigenvalue weighted by molar-refractivity contribution is 0.886. The van der Waals surface area contributed by atoms with E-state index >= 15 is 0 Å². The maximum absolute atomic E-state index is 9.03. The van der Waals surface area contributed by atoms with Crippen molar-refractivity contribution in [3.05, 3.63) is 28.8 Å². The fourth-order valence-corrected chi connectivity index (χ4v) is 3.53. The van der Waals surface area contributed by atoms with Gasteiger partial charge in [0, 0.05) is 10.1 Å². The standard InChI is InChI=1S/C12H12ClNS/c13-11-6-3-7-12(10(11)8-14)15-9-4-1-2-5-9/h3,6-7,9H,1-2,4-5H2. The molecule has 1 fully saturated rings. The highest BCUT2D eigenvalue weighted by molar-refractivity contribution is 8.00. The maximum Gasteiger partial charge on any atom is 0.102 e. The lowest BCUT2D eigenvalue weighted by Crippen LogP contribution is -1.94. The number of nitrogens with zero attached hydrogens (tertiary/aromatic N) is 1. The third-order valence-corrected chi connectivity index (χ3v) is 4.40. The molecule has 15 heavy (non-hydrogen) atoms. The number of thioether (sulfide) groups is 1. The van der Waals surface area contributed by atoms with E-state index in [0.717, 1.165) is 4.90 Å². The molecule has 0 heterocycles. The van der Waals surface area contributed by atoms with Gasteiger partial charge in [0.25, 0.3) is 0 Å². The summed E-state index contributed by atoms with van der Waals surface area (Å²) < 4.78 is 0. The van der Waals surface area contributed by atoms with Crippen LogP contribution in [0.5, 0.6) is 0 Å². The minimum absolute atomic E-state index is 0.570. The van der Waals surface area contributed by atoms with E-state index in [1.165, 1.54) is 25.7 Å². The van der Waals surface area contributed by atoms with Crippen LogP contribution in [0, 0.1) is 11.3 Å². The molecule has 0 radical (unpaired) electrons. The van der Waals surface area contributed by atoms with Crippen molar-refractivity contribution < 1.29 is 0 Å². The third kappa shape index (κ3) is 2.48. The molecular weight excluding hydrogens is 226 g/mol. The van der Waals surface area contributed by atoms with E-state index in [2.05, 4.69) is 6.07 Å². The van der Waals surface area contributed by atoms with Crippen LogP contribution in [-0.2, 0) is 0 Å². The molecule has 0 atom stereocenters. The van der Waals surface area contributed by atoms with Gasteiger partial charge < -0.3 is 0 Å². The molecule has 0 unspecified atom stereocenters. The Bertz CT molecular complexity index is 391. The van der Waals surface area contributed by atoms with Crippen molar-refractivity contribution in [2.45, 2.75) is 35.8 Å².